The van der Waals surface area contributed by atoms with E-state index < -0.39 is 47.7 Å². The quantitative estimate of drug-likeness (QED) is 0.499. The average molecular weight is 426 g/mol. The van der Waals surface area contributed by atoms with Gasteiger partial charge in [-0.15, -0.1) is 5.06 Å². The summed E-state index contributed by atoms with van der Waals surface area (Å²) in [7, 11) is 0. The van der Waals surface area contributed by atoms with E-state index in [2.05, 4.69) is 10.6 Å². The van der Waals surface area contributed by atoms with Gasteiger partial charge in [0.2, 0.25) is 5.91 Å². The molecule has 0 saturated carbocycles. The van der Waals surface area contributed by atoms with Crippen molar-refractivity contribution < 1.29 is 33.5 Å². The molecule has 2 N–H and O–H groups in total. The van der Waals surface area contributed by atoms with E-state index in [4.69, 9.17) is 9.57 Å². The molecule has 2 aliphatic rings. The van der Waals surface area contributed by atoms with Crippen molar-refractivity contribution in [2.24, 2.45) is 5.92 Å². The van der Waals surface area contributed by atoms with Gasteiger partial charge >= 0.3 is 12.2 Å². The fourth-order valence-electron chi connectivity index (χ4n) is 3.09. The highest BCUT2D eigenvalue weighted by molar-refractivity contribution is 6.01. The molecule has 5 amide bonds. The Morgan fingerprint density at radius 2 is 1.67 bits per heavy atom. The topological polar surface area (TPSA) is 134 Å². The average Bonchev–Trinajstić information content (AvgIpc) is 3.22. The molecule has 0 spiro atoms. The molecular weight excluding hydrogens is 396 g/mol. The van der Waals surface area contributed by atoms with Crippen LogP contribution in [0.1, 0.15) is 60.3 Å². The summed E-state index contributed by atoms with van der Waals surface area (Å²) in [5.41, 5.74) is -0.684. The zero-order valence-electron chi connectivity index (χ0n) is 18.0. The predicted octanol–water partition coefficient (Wildman–Crippen LogP) is 1.27. The van der Waals surface area contributed by atoms with E-state index in [1.807, 2.05) is 0 Å². The maximum absolute atomic E-state index is 12.8. The number of carbonyl (C=O) groups excluding carboxylic acids is 5. The molecule has 1 unspecified atom stereocenters. The summed E-state index contributed by atoms with van der Waals surface area (Å²) < 4.78 is 5.36. The lowest BCUT2D eigenvalue weighted by atomic mass is 10.1. The molecule has 0 aromatic heterocycles. The second kappa shape index (κ2) is 9.31. The third-order valence-electron chi connectivity index (χ3n) is 4.60. The van der Waals surface area contributed by atoms with Crippen LogP contribution in [0, 0.1) is 5.92 Å². The molecule has 2 rings (SSSR count). The van der Waals surface area contributed by atoms with E-state index in [-0.39, 0.29) is 18.8 Å². The molecule has 2 aliphatic heterocycles. The number of nitrogens with one attached hydrogen (secondary N) is 2. The third-order valence-corrected chi connectivity index (χ3v) is 4.60. The van der Waals surface area contributed by atoms with E-state index in [9.17, 15) is 24.0 Å². The first kappa shape index (κ1) is 23.4. The van der Waals surface area contributed by atoms with E-state index in [0.29, 0.717) is 24.4 Å². The molecule has 0 aromatic rings. The van der Waals surface area contributed by atoms with E-state index in [0.717, 1.165) is 0 Å². The van der Waals surface area contributed by atoms with Crippen molar-refractivity contribution in [2.75, 3.05) is 6.54 Å². The number of hydroxylamine groups is 2. The van der Waals surface area contributed by atoms with Gasteiger partial charge in [0.1, 0.15) is 17.8 Å². The molecular formula is C19H30N4O7. The molecule has 2 saturated heterocycles. The smallest absolute Gasteiger partial charge is 0.433 e. The number of hydrogen-bond donors (Lipinski definition) is 2. The highest BCUT2D eigenvalue weighted by Gasteiger charge is 2.38. The van der Waals surface area contributed by atoms with Crippen LogP contribution in [0.15, 0.2) is 0 Å². The Morgan fingerprint density at radius 1 is 1.07 bits per heavy atom. The summed E-state index contributed by atoms with van der Waals surface area (Å²) in [6.07, 6.45) is -1.35. The summed E-state index contributed by atoms with van der Waals surface area (Å²) in [6, 6.07) is -0.722. The SMILES string of the molecule is CC(C)C(NC(=O)ON1C(=O)CCC1=O)NC(=O)[C@@H]1CCCN1C(=O)OC(C)(C)C. The zero-order chi connectivity index (χ0) is 22.6. The van der Waals surface area contributed by atoms with E-state index in [1.54, 1.807) is 34.6 Å². The van der Waals surface area contributed by atoms with Crippen LogP contribution in [0.25, 0.3) is 0 Å². The molecule has 2 fully saturated rings. The Morgan fingerprint density at radius 3 is 2.20 bits per heavy atom. The highest BCUT2D eigenvalue weighted by atomic mass is 16.7. The molecule has 11 heteroatoms. The van der Waals surface area contributed by atoms with Gasteiger partial charge in [-0.2, -0.15) is 0 Å². The van der Waals surface area contributed by atoms with Gasteiger partial charge in [-0.3, -0.25) is 24.6 Å². The first-order valence-corrected chi connectivity index (χ1v) is 10.0. The second-order valence-electron chi connectivity index (χ2n) is 8.67. The molecule has 0 bridgehead atoms. The Balaban J connectivity index is 1.97. The van der Waals surface area contributed by atoms with Crippen molar-refractivity contribution in [1.82, 2.24) is 20.6 Å². The number of amides is 5. The largest absolute Gasteiger partial charge is 0.444 e. The molecule has 0 radical (unpaired) electrons. The normalized spacial score (nSPS) is 20.4. The highest BCUT2D eigenvalue weighted by Crippen LogP contribution is 2.21. The Labute approximate surface area is 175 Å². The summed E-state index contributed by atoms with van der Waals surface area (Å²) >= 11 is 0. The van der Waals surface area contributed by atoms with Gasteiger partial charge in [0, 0.05) is 19.4 Å². The first-order valence-electron chi connectivity index (χ1n) is 10.0. The summed E-state index contributed by atoms with van der Waals surface area (Å²) in [6.45, 7) is 9.16. The molecule has 0 aromatic carbocycles. The molecule has 30 heavy (non-hydrogen) atoms. The Hall–Kier alpha value is -2.85. The van der Waals surface area contributed by atoms with Crippen LogP contribution < -0.4 is 10.6 Å². The van der Waals surface area contributed by atoms with Gasteiger partial charge in [-0.05, 0) is 39.5 Å². The fraction of sp³-hybridized carbons (Fsp3) is 0.737. The minimum atomic E-state index is -1.03. The predicted molar refractivity (Wildman–Crippen MR) is 103 cm³/mol. The van der Waals surface area contributed by atoms with Gasteiger partial charge < -0.3 is 14.9 Å². The van der Waals surface area contributed by atoms with Crippen molar-refractivity contribution in [2.45, 2.75) is 78.1 Å². The van der Waals surface area contributed by atoms with Crippen molar-refractivity contribution in [1.29, 1.82) is 0 Å². The van der Waals surface area contributed by atoms with Gasteiger partial charge in [0.05, 0.1) is 0 Å². The van der Waals surface area contributed by atoms with Crippen LogP contribution in [0.4, 0.5) is 9.59 Å². The van der Waals surface area contributed by atoms with Crippen LogP contribution >= 0.6 is 0 Å². The van der Waals surface area contributed by atoms with Crippen molar-refractivity contribution in [3.05, 3.63) is 0 Å². The molecule has 168 valence electrons. The molecule has 0 aliphatic carbocycles. The summed E-state index contributed by atoms with van der Waals surface area (Å²) in [5, 5.41) is 5.57. The van der Waals surface area contributed by atoms with E-state index >= 15 is 0 Å². The Kier molecular flexibility index (Phi) is 7.27. The lowest BCUT2D eigenvalue weighted by molar-refractivity contribution is -0.171. The minimum Gasteiger partial charge on any atom is -0.444 e. The zero-order valence-corrected chi connectivity index (χ0v) is 18.0. The maximum Gasteiger partial charge on any atom is 0.433 e. The lowest BCUT2D eigenvalue weighted by Gasteiger charge is -2.30. The van der Waals surface area contributed by atoms with Crippen LogP contribution in [-0.2, 0) is 24.0 Å². The minimum absolute atomic E-state index is 0.0152. The van der Waals surface area contributed by atoms with Gasteiger partial charge in [-0.25, -0.2) is 9.59 Å². The standard InChI is InChI=1S/C19H30N4O7/c1-11(2)15(21-17(27)30-23-13(24)8-9-14(23)25)20-16(26)12-7-6-10-22(12)18(28)29-19(3,4)5/h11-12,15H,6-10H2,1-5H3,(H,20,26)(H,21,27)/t12-,15?/m0/s1. The van der Waals surface area contributed by atoms with Crippen molar-refractivity contribution in [3.8, 4) is 0 Å². The van der Waals surface area contributed by atoms with Gasteiger partial charge in [0.25, 0.3) is 11.8 Å². The maximum atomic E-state index is 12.8. The summed E-state index contributed by atoms with van der Waals surface area (Å²) in [4.78, 5) is 66.6. The second-order valence-corrected chi connectivity index (χ2v) is 8.67. The molecule has 2 atom stereocenters. The lowest BCUT2D eigenvalue weighted by Crippen LogP contribution is -2.56. The molecule has 11 nitrogen and oxygen atoms in total. The number of nitrogens with zero attached hydrogens (tertiary/aromatic N) is 2. The van der Waals surface area contributed by atoms with Crippen LogP contribution in [0.5, 0.6) is 0 Å². The van der Waals surface area contributed by atoms with Crippen molar-refractivity contribution in [3.63, 3.8) is 0 Å². The van der Waals surface area contributed by atoms with E-state index in [1.165, 1.54) is 4.90 Å². The number of imide groups is 1. The molecule has 2 heterocycles. The van der Waals surface area contributed by atoms with Gasteiger partial charge in [-0.1, -0.05) is 13.8 Å². The fourth-order valence-corrected chi connectivity index (χ4v) is 3.09. The number of carbonyl (C=O) groups is 5. The Bertz CT molecular complexity index is 700. The monoisotopic (exact) mass is 426 g/mol. The number of likely N-dealkylation sites (tertiary alicyclic amines) is 1. The van der Waals surface area contributed by atoms with Gasteiger partial charge in [0.15, 0.2) is 0 Å². The van der Waals surface area contributed by atoms with Crippen LogP contribution in [0.3, 0.4) is 0 Å². The third kappa shape index (κ3) is 6.07. The number of ether oxygens (including phenoxy) is 1. The van der Waals surface area contributed by atoms with Crippen molar-refractivity contribution >= 4 is 29.9 Å². The van der Waals surface area contributed by atoms with Crippen LogP contribution in [0.2, 0.25) is 0 Å². The summed E-state index contributed by atoms with van der Waals surface area (Å²) in [5.74, 6) is -1.87. The number of rotatable bonds is 5. The first-order chi connectivity index (χ1) is 13.9. The number of hydrogen-bond acceptors (Lipinski definition) is 7. The van der Waals surface area contributed by atoms with Crippen LogP contribution in [-0.4, -0.2) is 64.2 Å².